The van der Waals surface area contributed by atoms with Gasteiger partial charge in [0.1, 0.15) is 5.75 Å². The Labute approximate surface area is 123 Å². The van der Waals surface area contributed by atoms with Crippen molar-refractivity contribution in [3.63, 3.8) is 0 Å². The first-order valence-corrected chi connectivity index (χ1v) is 7.78. The van der Waals surface area contributed by atoms with Gasteiger partial charge in [-0.05, 0) is 39.4 Å². The van der Waals surface area contributed by atoms with Gasteiger partial charge in [0.15, 0.2) is 0 Å². The lowest BCUT2D eigenvalue weighted by molar-refractivity contribution is 0.148. The van der Waals surface area contributed by atoms with E-state index in [0.717, 1.165) is 18.5 Å². The summed E-state index contributed by atoms with van der Waals surface area (Å²) >= 11 is 0. The highest BCUT2D eigenvalue weighted by molar-refractivity contribution is 5.34. The molecule has 1 aromatic carbocycles. The Morgan fingerprint density at radius 2 is 1.90 bits per heavy atom. The molecular weight excluding hydrogens is 248 g/mol. The van der Waals surface area contributed by atoms with Gasteiger partial charge in [0.05, 0.1) is 0 Å². The summed E-state index contributed by atoms with van der Waals surface area (Å²) in [5.74, 6) is 0.400. The van der Waals surface area contributed by atoms with E-state index in [9.17, 15) is 5.11 Å². The third-order valence-electron chi connectivity index (χ3n) is 4.88. The molecule has 0 aliphatic heterocycles. The minimum Gasteiger partial charge on any atom is -0.508 e. The molecule has 1 fully saturated rings. The fourth-order valence-electron chi connectivity index (χ4n) is 3.38. The molecule has 1 aliphatic rings. The maximum Gasteiger partial charge on any atom is 0.120 e. The van der Waals surface area contributed by atoms with Crippen LogP contribution in [0.25, 0.3) is 0 Å². The topological polar surface area (TPSA) is 35.5 Å². The van der Waals surface area contributed by atoms with Gasteiger partial charge in [-0.25, -0.2) is 0 Å². The number of para-hydroxylation sites is 1. The van der Waals surface area contributed by atoms with E-state index in [4.69, 9.17) is 0 Å². The molecule has 1 saturated carbocycles. The zero-order valence-corrected chi connectivity index (χ0v) is 13.0. The van der Waals surface area contributed by atoms with E-state index in [1.165, 1.54) is 25.7 Å². The van der Waals surface area contributed by atoms with E-state index in [-0.39, 0.29) is 11.6 Å². The van der Waals surface area contributed by atoms with Crippen molar-refractivity contribution in [3.8, 4) is 5.75 Å². The fraction of sp³-hybridized carbons (Fsp3) is 0.647. The number of hydrogen-bond acceptors (Lipinski definition) is 3. The van der Waals surface area contributed by atoms with Crippen LogP contribution in [0.15, 0.2) is 24.3 Å². The second-order valence-electron chi connectivity index (χ2n) is 6.23. The molecule has 3 nitrogen and oxygen atoms in total. The summed E-state index contributed by atoms with van der Waals surface area (Å²) in [6.45, 7) is 3.16. The second kappa shape index (κ2) is 6.59. The highest BCUT2D eigenvalue weighted by Gasteiger charge is 2.36. The molecule has 0 amide bonds. The molecular formula is C17H28N2O. The van der Waals surface area contributed by atoms with Crippen LogP contribution in [0.5, 0.6) is 5.75 Å². The van der Waals surface area contributed by atoms with Crippen molar-refractivity contribution in [2.24, 2.45) is 0 Å². The van der Waals surface area contributed by atoms with E-state index in [1.807, 2.05) is 18.2 Å². The predicted octanol–water partition coefficient (Wildman–Crippen LogP) is 3.31. The van der Waals surface area contributed by atoms with Crippen LogP contribution in [0.3, 0.4) is 0 Å². The molecule has 3 heteroatoms. The molecule has 0 bridgehead atoms. The Kier molecular flexibility index (Phi) is 5.06. The number of nitrogens with zero attached hydrogens (tertiary/aromatic N) is 1. The van der Waals surface area contributed by atoms with E-state index >= 15 is 0 Å². The summed E-state index contributed by atoms with van der Waals surface area (Å²) in [4.78, 5) is 2.38. The van der Waals surface area contributed by atoms with Crippen LogP contribution < -0.4 is 5.32 Å². The average Bonchev–Trinajstić information content (AvgIpc) is 2.91. The quantitative estimate of drug-likeness (QED) is 0.837. The predicted molar refractivity (Wildman–Crippen MR) is 84.0 cm³/mol. The molecule has 1 aromatic rings. The zero-order valence-electron chi connectivity index (χ0n) is 13.0. The van der Waals surface area contributed by atoms with E-state index in [1.54, 1.807) is 6.07 Å². The number of phenols is 1. The van der Waals surface area contributed by atoms with E-state index in [0.29, 0.717) is 5.75 Å². The Bertz CT molecular complexity index is 425. The van der Waals surface area contributed by atoms with Crippen LogP contribution in [-0.4, -0.2) is 36.2 Å². The van der Waals surface area contributed by atoms with Crippen molar-refractivity contribution < 1.29 is 5.11 Å². The van der Waals surface area contributed by atoms with Crippen LogP contribution in [-0.2, 0) is 0 Å². The van der Waals surface area contributed by atoms with Gasteiger partial charge in [0, 0.05) is 23.7 Å². The molecule has 0 heterocycles. The Balaban J connectivity index is 2.06. The number of phenolic OH excluding ortho intramolecular Hbond substituents is 1. The van der Waals surface area contributed by atoms with E-state index < -0.39 is 0 Å². The molecule has 1 atom stereocenters. The Morgan fingerprint density at radius 3 is 2.45 bits per heavy atom. The number of benzene rings is 1. The molecule has 0 aromatic heterocycles. The normalized spacial score (nSPS) is 19.4. The van der Waals surface area contributed by atoms with Gasteiger partial charge < -0.3 is 15.3 Å². The summed E-state index contributed by atoms with van der Waals surface area (Å²) < 4.78 is 0. The van der Waals surface area contributed by atoms with E-state index in [2.05, 4.69) is 31.2 Å². The smallest absolute Gasteiger partial charge is 0.120 e. The van der Waals surface area contributed by atoms with Crippen LogP contribution >= 0.6 is 0 Å². The Hall–Kier alpha value is -1.06. The SMILES string of the molecule is CCC(NCC1(N(C)C)CCCC1)c1ccccc1O. The maximum atomic E-state index is 10.0. The molecule has 2 rings (SSSR count). The van der Waals surface area contributed by atoms with Crippen molar-refractivity contribution in [2.75, 3.05) is 20.6 Å². The van der Waals surface area contributed by atoms with Gasteiger partial charge in [0.25, 0.3) is 0 Å². The van der Waals surface area contributed by atoms with Crippen molar-refractivity contribution >= 4 is 0 Å². The molecule has 0 radical (unpaired) electrons. The highest BCUT2D eigenvalue weighted by atomic mass is 16.3. The van der Waals surface area contributed by atoms with Gasteiger partial charge in [-0.2, -0.15) is 0 Å². The molecule has 20 heavy (non-hydrogen) atoms. The lowest BCUT2D eigenvalue weighted by atomic mass is 9.94. The van der Waals surface area contributed by atoms with Crippen molar-refractivity contribution in [2.45, 2.75) is 50.6 Å². The average molecular weight is 276 g/mol. The molecule has 1 unspecified atom stereocenters. The number of rotatable bonds is 6. The highest BCUT2D eigenvalue weighted by Crippen LogP contribution is 2.34. The number of aromatic hydroxyl groups is 1. The van der Waals surface area contributed by atoms with Crippen LogP contribution in [0.2, 0.25) is 0 Å². The minimum absolute atomic E-state index is 0.230. The first kappa shape index (κ1) is 15.3. The summed E-state index contributed by atoms with van der Waals surface area (Å²) in [5.41, 5.74) is 1.31. The summed E-state index contributed by atoms with van der Waals surface area (Å²) in [6, 6.07) is 7.90. The first-order valence-electron chi connectivity index (χ1n) is 7.78. The minimum atomic E-state index is 0.230. The van der Waals surface area contributed by atoms with Gasteiger partial charge in [-0.3, -0.25) is 0 Å². The summed E-state index contributed by atoms with van der Waals surface area (Å²) in [6.07, 6.45) is 6.18. The van der Waals surface area contributed by atoms with Gasteiger partial charge in [-0.1, -0.05) is 38.0 Å². The number of hydrogen-bond donors (Lipinski definition) is 2. The van der Waals surface area contributed by atoms with Crippen LogP contribution in [0.4, 0.5) is 0 Å². The fourth-order valence-corrected chi connectivity index (χ4v) is 3.38. The van der Waals surface area contributed by atoms with Crippen LogP contribution in [0.1, 0.15) is 50.6 Å². The summed E-state index contributed by atoms with van der Waals surface area (Å²) in [7, 11) is 4.38. The second-order valence-corrected chi connectivity index (χ2v) is 6.23. The third kappa shape index (κ3) is 3.15. The van der Waals surface area contributed by atoms with Gasteiger partial charge >= 0.3 is 0 Å². The molecule has 1 aliphatic carbocycles. The lowest BCUT2D eigenvalue weighted by Gasteiger charge is -2.38. The number of likely N-dealkylation sites (N-methyl/N-ethyl adjacent to an activating group) is 1. The third-order valence-corrected chi connectivity index (χ3v) is 4.88. The standard InChI is InChI=1S/C17H28N2O/c1-4-15(14-9-5-6-10-16(14)20)18-13-17(19(2)3)11-7-8-12-17/h5-6,9-10,15,18,20H,4,7-8,11-13H2,1-3H3. The van der Waals surface area contributed by atoms with Crippen LogP contribution in [0, 0.1) is 0 Å². The molecule has 0 saturated heterocycles. The van der Waals surface area contributed by atoms with Crippen molar-refractivity contribution in [3.05, 3.63) is 29.8 Å². The van der Waals surface area contributed by atoms with Gasteiger partial charge in [0.2, 0.25) is 0 Å². The molecule has 2 N–H and O–H groups in total. The summed E-state index contributed by atoms with van der Waals surface area (Å²) in [5, 5.41) is 13.7. The lowest BCUT2D eigenvalue weighted by Crippen LogP contribution is -2.50. The molecule has 112 valence electrons. The number of nitrogens with one attached hydrogen (secondary N) is 1. The Morgan fingerprint density at radius 1 is 1.25 bits per heavy atom. The maximum absolute atomic E-state index is 10.0. The van der Waals surface area contributed by atoms with Crippen molar-refractivity contribution in [1.82, 2.24) is 10.2 Å². The van der Waals surface area contributed by atoms with Crippen molar-refractivity contribution in [1.29, 1.82) is 0 Å². The molecule has 0 spiro atoms. The monoisotopic (exact) mass is 276 g/mol. The largest absolute Gasteiger partial charge is 0.508 e. The first-order chi connectivity index (χ1) is 9.59. The van der Waals surface area contributed by atoms with Gasteiger partial charge in [-0.15, -0.1) is 0 Å². The zero-order chi connectivity index (χ0) is 14.6.